The van der Waals surface area contributed by atoms with E-state index in [1.54, 1.807) is 0 Å². The Morgan fingerprint density at radius 3 is 2.23 bits per heavy atom. The zero-order chi connectivity index (χ0) is 21.7. The molecule has 0 radical (unpaired) electrons. The summed E-state index contributed by atoms with van der Waals surface area (Å²) in [5, 5.41) is 3.06. The van der Waals surface area contributed by atoms with E-state index in [1.165, 1.54) is 12.0 Å². The first-order chi connectivity index (χ1) is 14.3. The van der Waals surface area contributed by atoms with Crippen molar-refractivity contribution in [2.45, 2.75) is 46.7 Å². The minimum atomic E-state index is -0.155. The molecule has 3 rings (SSSR count). The van der Waals surface area contributed by atoms with Gasteiger partial charge in [-0.05, 0) is 37.7 Å². The van der Waals surface area contributed by atoms with Crippen LogP contribution in [-0.2, 0) is 16.1 Å². The van der Waals surface area contributed by atoms with Gasteiger partial charge in [0.05, 0.1) is 12.6 Å². The number of hydrogen-bond acceptors (Lipinski definition) is 4. The summed E-state index contributed by atoms with van der Waals surface area (Å²) in [7, 11) is 0. The number of likely N-dealkylation sites (tertiary alicyclic amines) is 1. The van der Waals surface area contributed by atoms with Crippen molar-refractivity contribution >= 4 is 11.8 Å². The zero-order valence-corrected chi connectivity index (χ0v) is 19.1. The maximum atomic E-state index is 12.7. The number of piperidine rings is 1. The molecular formula is C24H38N4O2. The lowest BCUT2D eigenvalue weighted by molar-refractivity contribution is -0.136. The average molecular weight is 415 g/mol. The number of piperazine rings is 1. The highest BCUT2D eigenvalue weighted by atomic mass is 16.2. The first-order valence-electron chi connectivity index (χ1n) is 11.4. The van der Waals surface area contributed by atoms with Crippen LogP contribution in [0.1, 0.15) is 38.3 Å². The summed E-state index contributed by atoms with van der Waals surface area (Å²) in [5.74, 6) is 1.50. The van der Waals surface area contributed by atoms with Crippen LogP contribution in [0, 0.1) is 18.8 Å². The van der Waals surface area contributed by atoms with Gasteiger partial charge in [0.25, 0.3) is 0 Å². The Labute approximate surface area is 181 Å². The number of benzene rings is 1. The van der Waals surface area contributed by atoms with Crippen LogP contribution in [0.4, 0.5) is 0 Å². The Hall–Kier alpha value is -1.92. The summed E-state index contributed by atoms with van der Waals surface area (Å²) in [6.07, 6.45) is 1.21. The third-order valence-electron chi connectivity index (χ3n) is 6.50. The Bertz CT molecular complexity index is 702. The fourth-order valence-electron chi connectivity index (χ4n) is 4.68. The SMILES string of the molecule is Cc1ccc(CNC(=O)C(C)N2CCN(CC(=O)N3CC(C)CC(C)C3)CC2)cc1. The molecule has 1 aromatic rings. The highest BCUT2D eigenvalue weighted by molar-refractivity contribution is 5.81. The molecule has 2 amide bonds. The van der Waals surface area contributed by atoms with E-state index < -0.39 is 0 Å². The van der Waals surface area contributed by atoms with E-state index in [1.807, 2.05) is 11.8 Å². The lowest BCUT2D eigenvalue weighted by Crippen LogP contribution is -2.55. The van der Waals surface area contributed by atoms with E-state index in [2.05, 4.69) is 60.2 Å². The summed E-state index contributed by atoms with van der Waals surface area (Å²) in [6.45, 7) is 14.7. The molecule has 0 bridgehead atoms. The zero-order valence-electron chi connectivity index (χ0n) is 19.1. The largest absolute Gasteiger partial charge is 0.351 e. The first kappa shape index (κ1) is 22.8. The fraction of sp³-hybridized carbons (Fsp3) is 0.667. The van der Waals surface area contributed by atoms with Gasteiger partial charge in [0, 0.05) is 45.8 Å². The molecule has 2 aliphatic rings. The molecule has 3 atom stereocenters. The van der Waals surface area contributed by atoms with Gasteiger partial charge in [-0.15, -0.1) is 0 Å². The molecule has 0 aliphatic carbocycles. The van der Waals surface area contributed by atoms with Crippen LogP contribution in [0.25, 0.3) is 0 Å². The Balaban J connectivity index is 1.40. The van der Waals surface area contributed by atoms with E-state index in [0.29, 0.717) is 24.9 Å². The summed E-state index contributed by atoms with van der Waals surface area (Å²) < 4.78 is 0. The van der Waals surface area contributed by atoms with Gasteiger partial charge in [0.15, 0.2) is 0 Å². The van der Waals surface area contributed by atoms with Gasteiger partial charge in [-0.1, -0.05) is 43.7 Å². The lowest BCUT2D eigenvalue weighted by Gasteiger charge is -2.39. The lowest BCUT2D eigenvalue weighted by atomic mass is 9.92. The van der Waals surface area contributed by atoms with E-state index in [-0.39, 0.29) is 17.9 Å². The molecule has 0 saturated carbocycles. The number of nitrogens with one attached hydrogen (secondary N) is 1. The number of nitrogens with zero attached hydrogens (tertiary/aromatic N) is 3. The van der Waals surface area contributed by atoms with Crippen molar-refractivity contribution in [1.82, 2.24) is 20.0 Å². The Kier molecular flexibility index (Phi) is 7.89. The maximum absolute atomic E-state index is 12.7. The van der Waals surface area contributed by atoms with Gasteiger partial charge < -0.3 is 10.2 Å². The van der Waals surface area contributed by atoms with Gasteiger partial charge in [-0.3, -0.25) is 19.4 Å². The van der Waals surface area contributed by atoms with Gasteiger partial charge in [0.1, 0.15) is 0 Å². The van der Waals surface area contributed by atoms with Crippen LogP contribution in [-0.4, -0.2) is 78.4 Å². The number of carbonyl (C=O) groups is 2. The number of rotatable bonds is 6. The normalized spacial score (nSPS) is 24.5. The van der Waals surface area contributed by atoms with Crippen LogP contribution in [0.15, 0.2) is 24.3 Å². The Morgan fingerprint density at radius 1 is 1.03 bits per heavy atom. The average Bonchev–Trinajstić information content (AvgIpc) is 2.72. The number of aryl methyl sites for hydroxylation is 1. The quantitative estimate of drug-likeness (QED) is 0.775. The van der Waals surface area contributed by atoms with Crippen LogP contribution >= 0.6 is 0 Å². The van der Waals surface area contributed by atoms with E-state index >= 15 is 0 Å². The third kappa shape index (κ3) is 6.29. The van der Waals surface area contributed by atoms with Crippen molar-refractivity contribution in [2.24, 2.45) is 11.8 Å². The highest BCUT2D eigenvalue weighted by Gasteiger charge is 2.29. The van der Waals surface area contributed by atoms with Gasteiger partial charge in [0.2, 0.25) is 11.8 Å². The summed E-state index contributed by atoms with van der Waals surface area (Å²) in [6, 6.07) is 8.09. The molecule has 30 heavy (non-hydrogen) atoms. The first-order valence-corrected chi connectivity index (χ1v) is 11.4. The predicted octanol–water partition coefficient (Wildman–Crippen LogP) is 2.12. The van der Waals surface area contributed by atoms with Gasteiger partial charge in [-0.2, -0.15) is 0 Å². The number of hydrogen-bond donors (Lipinski definition) is 1. The van der Waals surface area contributed by atoms with Gasteiger partial charge >= 0.3 is 0 Å². The number of carbonyl (C=O) groups excluding carboxylic acids is 2. The van der Waals surface area contributed by atoms with E-state index in [9.17, 15) is 9.59 Å². The van der Waals surface area contributed by atoms with E-state index in [0.717, 1.165) is 44.8 Å². The van der Waals surface area contributed by atoms with Crippen LogP contribution in [0.3, 0.4) is 0 Å². The molecule has 166 valence electrons. The van der Waals surface area contributed by atoms with Crippen molar-refractivity contribution in [1.29, 1.82) is 0 Å². The molecule has 2 fully saturated rings. The molecule has 0 aromatic heterocycles. The standard InChI is InChI=1S/C24H38N4O2/c1-18-5-7-22(8-6-18)14-25-24(30)21(4)27-11-9-26(10-12-27)17-23(29)28-15-19(2)13-20(3)16-28/h5-8,19-21H,9-17H2,1-4H3,(H,25,30). The summed E-state index contributed by atoms with van der Waals surface area (Å²) >= 11 is 0. The van der Waals surface area contributed by atoms with Crippen molar-refractivity contribution in [2.75, 3.05) is 45.8 Å². The molecule has 6 heteroatoms. The van der Waals surface area contributed by atoms with Crippen molar-refractivity contribution in [3.8, 4) is 0 Å². The minimum absolute atomic E-state index is 0.0661. The smallest absolute Gasteiger partial charge is 0.237 e. The third-order valence-corrected chi connectivity index (χ3v) is 6.50. The molecule has 6 nitrogen and oxygen atoms in total. The molecule has 2 saturated heterocycles. The molecule has 2 aliphatic heterocycles. The van der Waals surface area contributed by atoms with Crippen molar-refractivity contribution in [3.63, 3.8) is 0 Å². The van der Waals surface area contributed by atoms with Crippen molar-refractivity contribution < 1.29 is 9.59 Å². The molecule has 2 heterocycles. The number of amides is 2. The fourth-order valence-corrected chi connectivity index (χ4v) is 4.68. The van der Waals surface area contributed by atoms with Crippen LogP contribution in [0.2, 0.25) is 0 Å². The second-order valence-electron chi connectivity index (χ2n) is 9.44. The monoisotopic (exact) mass is 414 g/mol. The van der Waals surface area contributed by atoms with Crippen LogP contribution in [0.5, 0.6) is 0 Å². The molecule has 1 N–H and O–H groups in total. The van der Waals surface area contributed by atoms with Crippen molar-refractivity contribution in [3.05, 3.63) is 35.4 Å². The van der Waals surface area contributed by atoms with Gasteiger partial charge in [-0.25, -0.2) is 0 Å². The topological polar surface area (TPSA) is 55.9 Å². The predicted molar refractivity (Wildman–Crippen MR) is 120 cm³/mol. The Morgan fingerprint density at radius 2 is 1.63 bits per heavy atom. The van der Waals surface area contributed by atoms with Crippen LogP contribution < -0.4 is 5.32 Å². The maximum Gasteiger partial charge on any atom is 0.237 e. The van der Waals surface area contributed by atoms with E-state index in [4.69, 9.17) is 0 Å². The molecule has 1 aromatic carbocycles. The minimum Gasteiger partial charge on any atom is -0.351 e. The second kappa shape index (κ2) is 10.4. The molecular weight excluding hydrogens is 376 g/mol. The summed E-state index contributed by atoms with van der Waals surface area (Å²) in [5.41, 5.74) is 2.34. The highest BCUT2D eigenvalue weighted by Crippen LogP contribution is 2.21. The molecule has 0 spiro atoms. The summed E-state index contributed by atoms with van der Waals surface area (Å²) in [4.78, 5) is 31.8. The second-order valence-corrected chi connectivity index (χ2v) is 9.44. The molecule has 3 unspecified atom stereocenters.